The Labute approximate surface area is 204 Å². The largest absolute Gasteiger partial charge is 0.396 e. The summed E-state index contributed by atoms with van der Waals surface area (Å²) >= 11 is 0. The molecule has 0 aromatic carbocycles. The summed E-state index contributed by atoms with van der Waals surface area (Å²) in [4.78, 5) is 0. The maximum atomic E-state index is 12.3. The van der Waals surface area contributed by atoms with Crippen LogP contribution in [0.2, 0.25) is 0 Å². The van der Waals surface area contributed by atoms with E-state index in [-0.39, 0.29) is 36.7 Å². The van der Waals surface area contributed by atoms with Gasteiger partial charge in [-0.15, -0.1) is 0 Å². The molecule has 7 N–H and O–H groups in total. The SMILES string of the molecule is CC(CO)CCC[C@@H](C)[C@H]1C(O)C(O)[C@@H]2[C@]1(C)CC[C@H]1[C@@]2(O)CC(O)C2C(O)C(O)CC[C@@]21C. The van der Waals surface area contributed by atoms with Crippen molar-refractivity contribution in [1.82, 2.24) is 0 Å². The molecule has 0 spiro atoms. The van der Waals surface area contributed by atoms with Crippen LogP contribution in [0.3, 0.4) is 0 Å². The van der Waals surface area contributed by atoms with Crippen molar-refractivity contribution in [2.45, 2.75) is 115 Å². The van der Waals surface area contributed by atoms with Gasteiger partial charge < -0.3 is 35.7 Å². The van der Waals surface area contributed by atoms with E-state index < -0.39 is 58.8 Å². The lowest BCUT2D eigenvalue weighted by Crippen LogP contribution is -2.71. The molecule has 0 heterocycles. The van der Waals surface area contributed by atoms with Crippen molar-refractivity contribution >= 4 is 0 Å². The zero-order valence-corrected chi connectivity index (χ0v) is 21.3. The number of aliphatic hydroxyl groups is 7. The third-order valence-corrected chi connectivity index (χ3v) is 11.2. The van der Waals surface area contributed by atoms with Crippen LogP contribution >= 0.6 is 0 Å². The van der Waals surface area contributed by atoms with E-state index in [2.05, 4.69) is 13.8 Å². The molecule has 4 aliphatic rings. The van der Waals surface area contributed by atoms with Crippen LogP contribution in [0.4, 0.5) is 0 Å². The number of hydrogen-bond acceptors (Lipinski definition) is 7. The fourth-order valence-electron chi connectivity index (χ4n) is 9.69. The molecular weight excluding hydrogens is 436 g/mol. The highest BCUT2D eigenvalue weighted by Crippen LogP contribution is 2.69. The fraction of sp³-hybridized carbons (Fsp3) is 1.00. The summed E-state index contributed by atoms with van der Waals surface area (Å²) in [6.45, 7) is 8.44. The zero-order chi connectivity index (χ0) is 25.2. The fourth-order valence-corrected chi connectivity index (χ4v) is 9.69. The molecule has 14 atom stereocenters. The van der Waals surface area contributed by atoms with Crippen LogP contribution in [0.15, 0.2) is 0 Å². The second-order valence-corrected chi connectivity index (χ2v) is 13.2. The molecule has 7 unspecified atom stereocenters. The topological polar surface area (TPSA) is 142 Å². The van der Waals surface area contributed by atoms with E-state index in [1.54, 1.807) is 0 Å². The molecule has 34 heavy (non-hydrogen) atoms. The number of hydrogen-bond donors (Lipinski definition) is 7. The Kier molecular flexibility index (Phi) is 7.27. The highest BCUT2D eigenvalue weighted by Gasteiger charge is 2.73. The minimum atomic E-state index is -1.35. The van der Waals surface area contributed by atoms with Crippen molar-refractivity contribution in [1.29, 1.82) is 0 Å². The van der Waals surface area contributed by atoms with Gasteiger partial charge in [-0.25, -0.2) is 0 Å². The van der Waals surface area contributed by atoms with Gasteiger partial charge >= 0.3 is 0 Å². The molecule has 198 valence electrons. The predicted molar refractivity (Wildman–Crippen MR) is 128 cm³/mol. The quantitative estimate of drug-likeness (QED) is 0.302. The van der Waals surface area contributed by atoms with Gasteiger partial charge in [0, 0.05) is 24.9 Å². The van der Waals surface area contributed by atoms with Crippen LogP contribution in [-0.2, 0) is 0 Å². The van der Waals surface area contributed by atoms with Crippen LogP contribution in [-0.4, -0.2) is 78.5 Å². The maximum Gasteiger partial charge on any atom is 0.0863 e. The molecule has 0 bridgehead atoms. The van der Waals surface area contributed by atoms with Crippen LogP contribution in [0.25, 0.3) is 0 Å². The number of fused-ring (bicyclic) bond motifs is 5. The van der Waals surface area contributed by atoms with E-state index in [1.807, 2.05) is 13.8 Å². The molecule has 0 aromatic heterocycles. The van der Waals surface area contributed by atoms with E-state index >= 15 is 0 Å². The highest BCUT2D eigenvalue weighted by molar-refractivity contribution is 5.22. The smallest absolute Gasteiger partial charge is 0.0863 e. The van der Waals surface area contributed by atoms with Crippen LogP contribution < -0.4 is 0 Å². The monoisotopic (exact) mass is 484 g/mol. The lowest BCUT2D eigenvalue weighted by atomic mass is 9.41. The Morgan fingerprint density at radius 3 is 2.12 bits per heavy atom. The van der Waals surface area contributed by atoms with E-state index in [4.69, 9.17) is 0 Å². The van der Waals surface area contributed by atoms with E-state index in [0.29, 0.717) is 19.3 Å². The van der Waals surface area contributed by atoms with E-state index in [9.17, 15) is 35.7 Å². The summed E-state index contributed by atoms with van der Waals surface area (Å²) < 4.78 is 0. The Balaban J connectivity index is 1.63. The van der Waals surface area contributed by atoms with Gasteiger partial charge in [-0.3, -0.25) is 0 Å². The lowest BCUT2D eigenvalue weighted by Gasteiger charge is -2.66. The third kappa shape index (κ3) is 3.80. The molecular formula is C27H48O7. The van der Waals surface area contributed by atoms with Crippen LogP contribution in [0, 0.1) is 46.3 Å². The van der Waals surface area contributed by atoms with Crippen molar-refractivity contribution in [3.05, 3.63) is 0 Å². The van der Waals surface area contributed by atoms with Gasteiger partial charge in [0.15, 0.2) is 0 Å². The van der Waals surface area contributed by atoms with Crippen molar-refractivity contribution in [2.75, 3.05) is 6.61 Å². The van der Waals surface area contributed by atoms with Crippen molar-refractivity contribution < 1.29 is 35.7 Å². The summed E-state index contributed by atoms with van der Waals surface area (Å²) in [5.41, 5.74) is -2.37. The first-order valence-electron chi connectivity index (χ1n) is 13.6. The van der Waals surface area contributed by atoms with Gasteiger partial charge in [-0.1, -0.05) is 40.5 Å². The molecule has 4 saturated carbocycles. The van der Waals surface area contributed by atoms with Gasteiger partial charge in [0.05, 0.1) is 36.1 Å². The summed E-state index contributed by atoms with van der Waals surface area (Å²) in [5.74, 6) is -1.08. The average Bonchev–Trinajstić information content (AvgIpc) is 2.96. The Morgan fingerprint density at radius 2 is 1.47 bits per heavy atom. The maximum absolute atomic E-state index is 12.3. The van der Waals surface area contributed by atoms with E-state index in [0.717, 1.165) is 25.7 Å². The minimum Gasteiger partial charge on any atom is -0.396 e. The molecule has 0 saturated heterocycles. The molecule has 0 amide bonds. The Morgan fingerprint density at radius 1 is 0.824 bits per heavy atom. The normalized spacial score (nSPS) is 54.6. The summed E-state index contributed by atoms with van der Waals surface area (Å²) in [5, 5.41) is 76.6. The second kappa shape index (κ2) is 9.23. The molecule has 0 aromatic rings. The van der Waals surface area contributed by atoms with Gasteiger partial charge in [0.2, 0.25) is 0 Å². The second-order valence-electron chi connectivity index (χ2n) is 13.2. The molecule has 4 fully saturated rings. The molecule has 4 aliphatic carbocycles. The van der Waals surface area contributed by atoms with Gasteiger partial charge in [-0.2, -0.15) is 0 Å². The highest BCUT2D eigenvalue weighted by atomic mass is 16.3. The Hall–Kier alpha value is -0.280. The molecule has 7 heteroatoms. The zero-order valence-electron chi connectivity index (χ0n) is 21.3. The van der Waals surface area contributed by atoms with Crippen molar-refractivity contribution in [2.24, 2.45) is 46.3 Å². The van der Waals surface area contributed by atoms with Gasteiger partial charge in [0.25, 0.3) is 0 Å². The summed E-state index contributed by atoms with van der Waals surface area (Å²) in [6.07, 6.45) is 0.372. The van der Waals surface area contributed by atoms with Crippen LogP contribution in [0.1, 0.15) is 79.1 Å². The minimum absolute atomic E-state index is 0.0425. The van der Waals surface area contributed by atoms with Crippen molar-refractivity contribution in [3.8, 4) is 0 Å². The van der Waals surface area contributed by atoms with E-state index in [1.165, 1.54) is 0 Å². The first-order chi connectivity index (χ1) is 15.8. The predicted octanol–water partition coefficient (Wildman–Crippen LogP) is 1.44. The lowest BCUT2D eigenvalue weighted by molar-refractivity contribution is -0.280. The third-order valence-electron chi connectivity index (χ3n) is 11.2. The van der Waals surface area contributed by atoms with Crippen molar-refractivity contribution in [3.63, 3.8) is 0 Å². The average molecular weight is 485 g/mol. The molecule has 7 nitrogen and oxygen atoms in total. The Bertz CT molecular complexity index is 734. The standard InChI is InChI=1S/C27H48O7/c1-14(13-28)6-5-7-15(2)19-22(32)23(33)24-26(19,4)11-9-18-25(3)10-8-16(29)21(31)20(25)17(30)12-27(18,24)34/h14-24,28-34H,5-13H2,1-4H3/t14?,15-,16?,17?,18-,19+,20?,21?,22?,23?,24-,25-,26-,27+/m1/s1. The first-order valence-corrected chi connectivity index (χ1v) is 13.6. The number of aliphatic hydroxyl groups excluding tert-OH is 6. The molecule has 4 rings (SSSR count). The molecule has 0 radical (unpaired) electrons. The summed E-state index contributed by atoms with van der Waals surface area (Å²) in [6, 6.07) is 0. The first kappa shape index (κ1) is 26.8. The number of rotatable bonds is 6. The summed E-state index contributed by atoms with van der Waals surface area (Å²) in [7, 11) is 0. The van der Waals surface area contributed by atoms with Gasteiger partial charge in [-0.05, 0) is 66.6 Å². The van der Waals surface area contributed by atoms with Gasteiger partial charge in [0.1, 0.15) is 0 Å². The molecule has 0 aliphatic heterocycles. The van der Waals surface area contributed by atoms with Crippen LogP contribution in [0.5, 0.6) is 0 Å².